The Balaban J connectivity index is 2.56. The molecule has 0 aliphatic carbocycles. The van der Waals surface area contributed by atoms with E-state index in [1.807, 2.05) is 24.3 Å². The molecule has 0 aliphatic heterocycles. The summed E-state index contributed by atoms with van der Waals surface area (Å²) in [5.74, 6) is -0.353. The number of pyridine rings is 1. The van der Waals surface area contributed by atoms with Gasteiger partial charge in [-0.25, -0.2) is 0 Å². The molecule has 2 aromatic rings. The molecule has 94 valence electrons. The second kappa shape index (κ2) is 5.33. The van der Waals surface area contributed by atoms with Gasteiger partial charge in [0.2, 0.25) is 5.91 Å². The number of amides is 1. The average molecular weight is 264 g/mol. The molecule has 0 saturated carbocycles. The Labute approximate surface area is 110 Å². The van der Waals surface area contributed by atoms with Crippen molar-refractivity contribution in [2.75, 3.05) is 7.05 Å². The van der Waals surface area contributed by atoms with E-state index in [0.717, 1.165) is 16.5 Å². The van der Waals surface area contributed by atoms with Crippen molar-refractivity contribution < 1.29 is 4.79 Å². The molecular formula is C13H14ClN3O. The molecule has 2 rings (SSSR count). The molecule has 1 atom stereocenters. The normalized spacial score (nSPS) is 12.6. The van der Waals surface area contributed by atoms with Gasteiger partial charge in [-0.1, -0.05) is 17.7 Å². The van der Waals surface area contributed by atoms with Gasteiger partial charge in [0.25, 0.3) is 0 Å². The summed E-state index contributed by atoms with van der Waals surface area (Å²) in [6.45, 7) is 0. The van der Waals surface area contributed by atoms with Crippen molar-refractivity contribution in [1.82, 2.24) is 10.3 Å². The van der Waals surface area contributed by atoms with E-state index in [1.54, 1.807) is 13.2 Å². The van der Waals surface area contributed by atoms with E-state index in [9.17, 15) is 4.79 Å². The molecule has 4 nitrogen and oxygen atoms in total. The summed E-state index contributed by atoms with van der Waals surface area (Å²) in [7, 11) is 1.79. The van der Waals surface area contributed by atoms with Gasteiger partial charge in [-0.05, 0) is 30.8 Å². The lowest BCUT2D eigenvalue weighted by Crippen LogP contribution is -2.24. The van der Waals surface area contributed by atoms with Crippen LogP contribution in [0.2, 0.25) is 5.02 Å². The molecule has 0 fully saturated rings. The molecule has 0 bridgehead atoms. The van der Waals surface area contributed by atoms with Crippen LogP contribution in [0, 0.1) is 0 Å². The topological polar surface area (TPSA) is 68.0 Å². The van der Waals surface area contributed by atoms with Gasteiger partial charge in [-0.3, -0.25) is 9.78 Å². The summed E-state index contributed by atoms with van der Waals surface area (Å²) in [6.07, 6.45) is 1.93. The number of hydrogen-bond acceptors (Lipinski definition) is 3. The summed E-state index contributed by atoms with van der Waals surface area (Å²) in [5.41, 5.74) is 6.98. The van der Waals surface area contributed by atoms with Crippen molar-refractivity contribution in [2.45, 2.75) is 12.5 Å². The van der Waals surface area contributed by atoms with Gasteiger partial charge >= 0.3 is 0 Å². The highest BCUT2D eigenvalue weighted by atomic mass is 35.5. The van der Waals surface area contributed by atoms with Gasteiger partial charge in [-0.15, -0.1) is 0 Å². The van der Waals surface area contributed by atoms with Gasteiger partial charge in [-0.2, -0.15) is 0 Å². The minimum atomic E-state index is -0.353. The highest BCUT2D eigenvalue weighted by Gasteiger charge is 2.16. The largest absolute Gasteiger partial charge is 0.370 e. The lowest BCUT2D eigenvalue weighted by Gasteiger charge is -2.17. The predicted molar refractivity (Wildman–Crippen MR) is 72.4 cm³/mol. The number of primary amides is 1. The molecule has 18 heavy (non-hydrogen) atoms. The number of hydrogen-bond donors (Lipinski definition) is 2. The average Bonchev–Trinajstić information content (AvgIpc) is 2.37. The third-order valence-electron chi connectivity index (χ3n) is 2.88. The molecule has 5 heteroatoms. The summed E-state index contributed by atoms with van der Waals surface area (Å²) >= 11 is 6.13. The van der Waals surface area contributed by atoms with E-state index in [2.05, 4.69) is 10.3 Å². The Hall–Kier alpha value is -1.65. The van der Waals surface area contributed by atoms with E-state index in [-0.39, 0.29) is 18.4 Å². The Morgan fingerprint density at radius 3 is 2.94 bits per heavy atom. The maximum atomic E-state index is 11.1. The van der Waals surface area contributed by atoms with E-state index >= 15 is 0 Å². The Kier molecular flexibility index (Phi) is 3.79. The highest BCUT2D eigenvalue weighted by molar-refractivity contribution is 6.35. The second-order valence-corrected chi connectivity index (χ2v) is 4.46. The third kappa shape index (κ3) is 2.44. The molecule has 1 aromatic heterocycles. The monoisotopic (exact) mass is 263 g/mol. The van der Waals surface area contributed by atoms with Crippen molar-refractivity contribution in [3.63, 3.8) is 0 Å². The van der Waals surface area contributed by atoms with Gasteiger partial charge in [0.1, 0.15) is 0 Å². The van der Waals surface area contributed by atoms with Crippen molar-refractivity contribution in [3.05, 3.63) is 41.0 Å². The summed E-state index contributed by atoms with van der Waals surface area (Å²) < 4.78 is 0. The zero-order chi connectivity index (χ0) is 13.1. The van der Waals surface area contributed by atoms with Gasteiger partial charge in [0.15, 0.2) is 0 Å². The number of carbonyl (C=O) groups excluding carboxylic acids is 1. The molecule has 0 saturated heterocycles. The fourth-order valence-electron chi connectivity index (χ4n) is 2.01. The number of halogens is 1. The molecule has 0 aliphatic rings. The number of fused-ring (bicyclic) bond motifs is 1. The predicted octanol–water partition coefficient (Wildman–Crippen LogP) is 2.02. The number of benzene rings is 1. The van der Waals surface area contributed by atoms with Gasteiger partial charge in [0.05, 0.1) is 5.52 Å². The van der Waals surface area contributed by atoms with Crippen LogP contribution in [0.5, 0.6) is 0 Å². The second-order valence-electron chi connectivity index (χ2n) is 4.05. The molecular weight excluding hydrogens is 250 g/mol. The highest BCUT2D eigenvalue weighted by Crippen LogP contribution is 2.29. The van der Waals surface area contributed by atoms with Crippen LogP contribution in [-0.2, 0) is 4.79 Å². The summed E-state index contributed by atoms with van der Waals surface area (Å²) in [6, 6.07) is 7.27. The molecule has 0 radical (unpaired) electrons. The Morgan fingerprint density at radius 1 is 1.50 bits per heavy atom. The molecule has 1 aromatic carbocycles. The molecule has 0 spiro atoms. The molecule has 1 amide bonds. The third-order valence-corrected chi connectivity index (χ3v) is 3.21. The maximum absolute atomic E-state index is 11.1. The van der Waals surface area contributed by atoms with Crippen LogP contribution in [0.25, 0.3) is 10.9 Å². The lowest BCUT2D eigenvalue weighted by atomic mass is 10.00. The van der Waals surface area contributed by atoms with E-state index in [0.29, 0.717) is 5.02 Å². The first kappa shape index (κ1) is 12.8. The van der Waals surface area contributed by atoms with Crippen molar-refractivity contribution in [3.8, 4) is 0 Å². The SMILES string of the molecule is CNC(CC(N)=O)c1ccc(Cl)c2cccnc12. The number of aromatic nitrogens is 1. The first-order chi connectivity index (χ1) is 8.63. The number of nitrogens with two attached hydrogens (primary N) is 1. The van der Waals surface area contributed by atoms with E-state index in [1.165, 1.54) is 0 Å². The number of rotatable bonds is 4. The number of carbonyl (C=O) groups is 1. The first-order valence-electron chi connectivity index (χ1n) is 5.62. The maximum Gasteiger partial charge on any atom is 0.219 e. The van der Waals surface area contributed by atoms with Crippen LogP contribution in [0.3, 0.4) is 0 Å². The summed E-state index contributed by atoms with van der Waals surface area (Å²) in [4.78, 5) is 15.4. The van der Waals surface area contributed by atoms with Crippen LogP contribution in [0.4, 0.5) is 0 Å². The molecule has 1 heterocycles. The van der Waals surface area contributed by atoms with Crippen molar-refractivity contribution >= 4 is 28.4 Å². The Morgan fingerprint density at radius 2 is 2.28 bits per heavy atom. The molecule has 1 unspecified atom stereocenters. The standard InChI is InChI=1S/C13H14ClN3O/c1-16-11(7-12(15)18)9-4-5-10(14)8-3-2-6-17-13(8)9/h2-6,11,16H,7H2,1H3,(H2,15,18). The van der Waals surface area contributed by atoms with Crippen LogP contribution >= 0.6 is 11.6 Å². The van der Waals surface area contributed by atoms with Crippen LogP contribution in [-0.4, -0.2) is 17.9 Å². The fourth-order valence-corrected chi connectivity index (χ4v) is 2.23. The minimum Gasteiger partial charge on any atom is -0.370 e. The van der Waals surface area contributed by atoms with E-state index in [4.69, 9.17) is 17.3 Å². The van der Waals surface area contributed by atoms with Gasteiger partial charge < -0.3 is 11.1 Å². The molecule has 3 N–H and O–H groups in total. The lowest BCUT2D eigenvalue weighted by molar-refractivity contribution is -0.118. The smallest absolute Gasteiger partial charge is 0.219 e. The van der Waals surface area contributed by atoms with Crippen molar-refractivity contribution in [2.24, 2.45) is 5.73 Å². The van der Waals surface area contributed by atoms with E-state index < -0.39 is 0 Å². The number of nitrogens with one attached hydrogen (secondary N) is 1. The van der Waals surface area contributed by atoms with Gasteiger partial charge in [0, 0.05) is 29.1 Å². The summed E-state index contributed by atoms with van der Waals surface area (Å²) in [5, 5.41) is 4.60. The first-order valence-corrected chi connectivity index (χ1v) is 6.00. The quantitative estimate of drug-likeness (QED) is 0.887. The van der Waals surface area contributed by atoms with Crippen LogP contribution in [0.15, 0.2) is 30.5 Å². The van der Waals surface area contributed by atoms with Crippen LogP contribution in [0.1, 0.15) is 18.0 Å². The number of nitrogens with zero attached hydrogens (tertiary/aromatic N) is 1. The zero-order valence-corrected chi connectivity index (χ0v) is 10.7. The fraction of sp³-hybridized carbons (Fsp3) is 0.231. The minimum absolute atomic E-state index is 0.155. The van der Waals surface area contributed by atoms with Crippen molar-refractivity contribution in [1.29, 1.82) is 0 Å². The zero-order valence-electron chi connectivity index (χ0n) is 9.98. The van der Waals surface area contributed by atoms with Crippen LogP contribution < -0.4 is 11.1 Å². The Bertz CT molecular complexity index is 585.